The number of hydrogen-bond donors (Lipinski definition) is 0. The summed E-state index contributed by atoms with van der Waals surface area (Å²) in [5, 5.41) is 4.75. The van der Waals surface area contributed by atoms with E-state index in [1.165, 1.54) is 15.3 Å². The summed E-state index contributed by atoms with van der Waals surface area (Å²) < 4.78 is 1.39. The average molecular weight is 315 g/mol. The van der Waals surface area contributed by atoms with Gasteiger partial charge in [0.15, 0.2) is 0 Å². The Bertz CT molecular complexity index is 491. The molecule has 0 aliphatic carbocycles. The topological polar surface area (TPSA) is 0 Å². The maximum absolute atomic E-state index is 3.66. The van der Waals surface area contributed by atoms with Crippen LogP contribution in [0.1, 0.15) is 47.1 Å². The minimum atomic E-state index is 0.163. The van der Waals surface area contributed by atoms with Crippen molar-refractivity contribution in [2.45, 2.75) is 47.0 Å². The Morgan fingerprint density at radius 2 is 1.76 bits per heavy atom. The molecule has 0 aromatic carbocycles. The third-order valence-electron chi connectivity index (χ3n) is 4.11. The molecule has 1 heterocycles. The Morgan fingerprint density at radius 3 is 2.18 bits per heavy atom. The Morgan fingerprint density at radius 1 is 1.18 bits per heavy atom. The van der Waals surface area contributed by atoms with Gasteiger partial charge in [-0.2, -0.15) is 0 Å². The lowest BCUT2D eigenvalue weighted by atomic mass is 9.65. The van der Waals surface area contributed by atoms with E-state index in [2.05, 4.69) is 75.0 Å². The van der Waals surface area contributed by atoms with Gasteiger partial charge in [0, 0.05) is 9.86 Å². The Balaban J connectivity index is 3.51. The summed E-state index contributed by atoms with van der Waals surface area (Å²) in [6, 6.07) is 0. The van der Waals surface area contributed by atoms with Crippen molar-refractivity contribution in [1.29, 1.82) is 0 Å². The zero-order valence-electron chi connectivity index (χ0n) is 11.7. The number of thiophene rings is 1. The molecule has 1 rings (SSSR count). The number of rotatable bonds is 3. The van der Waals surface area contributed by atoms with Crippen LogP contribution in [0.5, 0.6) is 0 Å². The summed E-state index contributed by atoms with van der Waals surface area (Å²) in [6.45, 7) is 13.6. The molecule has 0 saturated heterocycles. The van der Waals surface area contributed by atoms with Crippen LogP contribution in [0.2, 0.25) is 0 Å². The third kappa shape index (κ3) is 2.53. The fraction of sp³-hybridized carbons (Fsp3) is 0.600. The lowest BCUT2D eigenvalue weighted by Crippen LogP contribution is -2.42. The first-order valence-corrected chi connectivity index (χ1v) is 8.08. The van der Waals surface area contributed by atoms with E-state index in [-0.39, 0.29) is 10.8 Å². The van der Waals surface area contributed by atoms with E-state index in [4.69, 9.17) is 0 Å². The van der Waals surface area contributed by atoms with E-state index in [0.717, 1.165) is 5.33 Å². The lowest BCUT2D eigenvalue weighted by molar-refractivity contribution is 0.233. The minimum absolute atomic E-state index is 0.163. The molecule has 96 valence electrons. The molecular formula is C15H23BrS. The fourth-order valence-electron chi connectivity index (χ4n) is 1.92. The van der Waals surface area contributed by atoms with Gasteiger partial charge in [0.2, 0.25) is 0 Å². The monoisotopic (exact) mass is 314 g/mol. The quantitative estimate of drug-likeness (QED) is 0.738. The van der Waals surface area contributed by atoms with Gasteiger partial charge < -0.3 is 0 Å². The molecule has 0 saturated carbocycles. The van der Waals surface area contributed by atoms with Crippen molar-refractivity contribution in [3.05, 3.63) is 20.7 Å². The maximum atomic E-state index is 3.66. The molecule has 0 aliphatic heterocycles. The van der Waals surface area contributed by atoms with E-state index in [1.807, 2.05) is 11.3 Å². The molecule has 0 amide bonds. The molecule has 0 nitrogen and oxygen atoms in total. The van der Waals surface area contributed by atoms with Gasteiger partial charge in [-0.05, 0) is 40.8 Å². The average Bonchev–Trinajstić information content (AvgIpc) is 2.71. The lowest BCUT2D eigenvalue weighted by Gasteiger charge is -2.40. The predicted octanol–water partition coefficient (Wildman–Crippen LogP) is 4.05. The molecule has 0 unspecified atom stereocenters. The summed E-state index contributed by atoms with van der Waals surface area (Å²) in [4.78, 5) is 0. The fourth-order valence-corrected chi connectivity index (χ4v) is 3.78. The van der Waals surface area contributed by atoms with Crippen molar-refractivity contribution in [3.63, 3.8) is 0 Å². The first-order chi connectivity index (χ1) is 7.81. The highest BCUT2D eigenvalue weighted by Gasteiger charge is 2.38. The first-order valence-electron chi connectivity index (χ1n) is 6.08. The smallest absolute Gasteiger partial charge is 0.0299 e. The van der Waals surface area contributed by atoms with Gasteiger partial charge in [0.1, 0.15) is 0 Å². The Hall–Kier alpha value is -0.0800. The first kappa shape index (κ1) is 15.0. The van der Waals surface area contributed by atoms with Crippen LogP contribution in [0.25, 0.3) is 12.2 Å². The highest BCUT2D eigenvalue weighted by atomic mass is 79.9. The molecular weight excluding hydrogens is 292 g/mol. The van der Waals surface area contributed by atoms with Crippen molar-refractivity contribution < 1.29 is 0 Å². The predicted molar refractivity (Wildman–Crippen MR) is 84.4 cm³/mol. The third-order valence-corrected chi connectivity index (χ3v) is 6.57. The van der Waals surface area contributed by atoms with Crippen LogP contribution in [0.4, 0.5) is 0 Å². The molecule has 0 fully saturated rings. The highest BCUT2D eigenvalue weighted by Crippen LogP contribution is 2.41. The largest absolute Gasteiger partial charge is 0.144 e. The number of hydrogen-bond acceptors (Lipinski definition) is 1. The van der Waals surface area contributed by atoms with Crippen LogP contribution in [-0.4, -0.2) is 5.33 Å². The maximum Gasteiger partial charge on any atom is 0.0299 e. The van der Waals surface area contributed by atoms with Crippen molar-refractivity contribution in [1.82, 2.24) is 0 Å². The molecule has 0 aliphatic rings. The molecule has 2 heteroatoms. The summed E-state index contributed by atoms with van der Waals surface area (Å²) >= 11 is 5.51. The molecule has 1 aromatic heterocycles. The summed E-state index contributed by atoms with van der Waals surface area (Å²) in [6.07, 6.45) is 4.45. The standard InChI is InChI=1S/C15H23BrS/c1-7-11-12(9-17-13(11)8-2)15(5,6)14(3,4)10-16/h7-9H,10H2,1-6H3/b11-7-,13-8+. The highest BCUT2D eigenvalue weighted by molar-refractivity contribution is 9.09. The molecule has 1 aromatic rings. The Labute approximate surface area is 118 Å². The van der Waals surface area contributed by atoms with E-state index in [9.17, 15) is 0 Å². The van der Waals surface area contributed by atoms with Crippen LogP contribution < -0.4 is 9.75 Å². The van der Waals surface area contributed by atoms with Crippen LogP contribution >= 0.6 is 27.3 Å². The van der Waals surface area contributed by atoms with E-state index < -0.39 is 0 Å². The molecule has 0 atom stereocenters. The van der Waals surface area contributed by atoms with E-state index >= 15 is 0 Å². The second-order valence-electron chi connectivity index (χ2n) is 5.65. The van der Waals surface area contributed by atoms with Gasteiger partial charge in [-0.15, -0.1) is 11.3 Å². The van der Waals surface area contributed by atoms with Crippen LogP contribution in [0.15, 0.2) is 5.38 Å². The van der Waals surface area contributed by atoms with Crippen LogP contribution in [-0.2, 0) is 5.41 Å². The second-order valence-corrected chi connectivity index (χ2v) is 7.12. The zero-order valence-corrected chi connectivity index (χ0v) is 14.1. The van der Waals surface area contributed by atoms with Gasteiger partial charge in [-0.25, -0.2) is 0 Å². The van der Waals surface area contributed by atoms with Gasteiger partial charge in [-0.3, -0.25) is 0 Å². The zero-order chi connectivity index (χ0) is 13.3. The molecule has 17 heavy (non-hydrogen) atoms. The summed E-state index contributed by atoms with van der Waals surface area (Å²) in [7, 11) is 0. The van der Waals surface area contributed by atoms with Crippen LogP contribution in [0.3, 0.4) is 0 Å². The Kier molecular flexibility index (Phi) is 4.65. The van der Waals surface area contributed by atoms with Gasteiger partial charge in [-0.1, -0.05) is 55.8 Å². The van der Waals surface area contributed by atoms with Crippen molar-refractivity contribution >= 4 is 39.4 Å². The van der Waals surface area contributed by atoms with Gasteiger partial charge in [0.05, 0.1) is 0 Å². The summed E-state index contributed by atoms with van der Waals surface area (Å²) in [5.74, 6) is 0. The van der Waals surface area contributed by atoms with Crippen LogP contribution in [0, 0.1) is 5.41 Å². The molecule has 0 spiro atoms. The number of alkyl halides is 1. The minimum Gasteiger partial charge on any atom is -0.144 e. The number of halogens is 1. The SMILES string of the molecule is C/C=c1/c(C(C)(C)C(C)(C)CBr)cs/c1=C/C. The van der Waals surface area contributed by atoms with E-state index in [1.54, 1.807) is 0 Å². The van der Waals surface area contributed by atoms with Gasteiger partial charge >= 0.3 is 0 Å². The van der Waals surface area contributed by atoms with E-state index in [0.29, 0.717) is 0 Å². The normalized spacial score (nSPS) is 15.7. The molecule has 0 bridgehead atoms. The van der Waals surface area contributed by atoms with Crippen molar-refractivity contribution in [3.8, 4) is 0 Å². The second kappa shape index (κ2) is 5.27. The summed E-state index contributed by atoms with van der Waals surface area (Å²) in [5.41, 5.74) is 1.87. The molecule has 0 N–H and O–H groups in total. The van der Waals surface area contributed by atoms with Crippen molar-refractivity contribution in [2.75, 3.05) is 5.33 Å². The van der Waals surface area contributed by atoms with Crippen molar-refractivity contribution in [2.24, 2.45) is 5.41 Å². The van der Waals surface area contributed by atoms with Gasteiger partial charge in [0.25, 0.3) is 0 Å². The molecule has 0 radical (unpaired) electrons.